The standard InChI is InChI=1S/C16H27N5O/c17-15-10-16(22)14(12-21-7-3-19-4-8-21)9-13(15)11-20-5-1-18-2-6-20/h9-10,18-19,22H,1-8,11-12,17H2. The topological polar surface area (TPSA) is 76.8 Å². The third kappa shape index (κ3) is 3.89. The van der Waals surface area contributed by atoms with Gasteiger partial charge in [0.2, 0.25) is 0 Å². The molecule has 2 aliphatic heterocycles. The van der Waals surface area contributed by atoms with E-state index in [-0.39, 0.29) is 0 Å². The number of aromatic hydroxyl groups is 1. The summed E-state index contributed by atoms with van der Waals surface area (Å²) in [5, 5.41) is 16.9. The summed E-state index contributed by atoms with van der Waals surface area (Å²) in [5.74, 6) is 0.320. The fraction of sp³-hybridized carbons (Fsp3) is 0.625. The van der Waals surface area contributed by atoms with Crippen LogP contribution >= 0.6 is 0 Å². The molecule has 3 rings (SSSR count). The van der Waals surface area contributed by atoms with Crippen molar-refractivity contribution in [3.05, 3.63) is 23.3 Å². The summed E-state index contributed by atoms with van der Waals surface area (Å²) in [6.45, 7) is 9.91. The molecule has 5 N–H and O–H groups in total. The SMILES string of the molecule is Nc1cc(O)c(CN2CCNCC2)cc1CN1CCNCC1. The molecule has 0 aliphatic carbocycles. The Morgan fingerprint density at radius 3 is 1.91 bits per heavy atom. The molecule has 0 atom stereocenters. The monoisotopic (exact) mass is 305 g/mol. The zero-order valence-electron chi connectivity index (χ0n) is 13.1. The fourth-order valence-electron chi connectivity index (χ4n) is 3.18. The van der Waals surface area contributed by atoms with Crippen LogP contribution in [0.3, 0.4) is 0 Å². The number of nitrogens with two attached hydrogens (primary N) is 1. The molecule has 0 aromatic heterocycles. The predicted octanol–water partition coefficient (Wildman–Crippen LogP) is -0.215. The van der Waals surface area contributed by atoms with Gasteiger partial charge in [-0.2, -0.15) is 0 Å². The highest BCUT2D eigenvalue weighted by molar-refractivity contribution is 5.54. The van der Waals surface area contributed by atoms with Crippen LogP contribution in [0.1, 0.15) is 11.1 Å². The van der Waals surface area contributed by atoms with Crippen LogP contribution in [-0.2, 0) is 13.1 Å². The molecule has 0 unspecified atom stereocenters. The summed E-state index contributed by atoms with van der Waals surface area (Å²) < 4.78 is 0. The second kappa shape index (κ2) is 7.28. The smallest absolute Gasteiger partial charge is 0.122 e. The van der Waals surface area contributed by atoms with Gasteiger partial charge >= 0.3 is 0 Å². The maximum absolute atomic E-state index is 10.2. The number of benzene rings is 1. The second-order valence-electron chi connectivity index (χ2n) is 6.23. The summed E-state index contributed by atoms with van der Waals surface area (Å²) in [6, 6.07) is 3.81. The van der Waals surface area contributed by atoms with E-state index in [2.05, 4.69) is 26.5 Å². The van der Waals surface area contributed by atoms with E-state index in [0.29, 0.717) is 11.4 Å². The Balaban J connectivity index is 1.70. The van der Waals surface area contributed by atoms with Gasteiger partial charge in [-0.15, -0.1) is 0 Å². The van der Waals surface area contributed by atoms with Gasteiger partial charge in [0.15, 0.2) is 0 Å². The number of hydrogen-bond acceptors (Lipinski definition) is 6. The first-order chi connectivity index (χ1) is 10.7. The van der Waals surface area contributed by atoms with E-state index in [0.717, 1.165) is 76.6 Å². The first-order valence-corrected chi connectivity index (χ1v) is 8.19. The van der Waals surface area contributed by atoms with Crippen LogP contribution in [0.5, 0.6) is 5.75 Å². The maximum atomic E-state index is 10.2. The first kappa shape index (κ1) is 15.6. The average Bonchev–Trinajstić information content (AvgIpc) is 2.54. The summed E-state index contributed by atoms with van der Waals surface area (Å²) >= 11 is 0. The lowest BCUT2D eigenvalue weighted by molar-refractivity contribution is 0.228. The van der Waals surface area contributed by atoms with Gasteiger partial charge in [-0.3, -0.25) is 9.80 Å². The number of rotatable bonds is 4. The van der Waals surface area contributed by atoms with E-state index in [9.17, 15) is 5.11 Å². The molecule has 6 nitrogen and oxygen atoms in total. The predicted molar refractivity (Wildman–Crippen MR) is 88.8 cm³/mol. The van der Waals surface area contributed by atoms with Crippen LogP contribution in [0.15, 0.2) is 12.1 Å². The van der Waals surface area contributed by atoms with Gasteiger partial charge in [0.1, 0.15) is 5.75 Å². The molecule has 0 radical (unpaired) electrons. The van der Waals surface area contributed by atoms with Crippen molar-refractivity contribution < 1.29 is 5.11 Å². The van der Waals surface area contributed by atoms with E-state index in [4.69, 9.17) is 5.73 Å². The number of piperazine rings is 2. The summed E-state index contributed by atoms with van der Waals surface area (Å²) in [6.07, 6.45) is 0. The van der Waals surface area contributed by atoms with Gasteiger partial charge in [-0.05, 0) is 11.6 Å². The summed E-state index contributed by atoms with van der Waals surface area (Å²) in [5.41, 5.74) is 8.93. The Bertz CT molecular complexity index is 454. The van der Waals surface area contributed by atoms with Crippen LogP contribution in [0, 0.1) is 0 Å². The molecular formula is C16H27N5O. The normalized spacial score (nSPS) is 21.1. The summed E-state index contributed by atoms with van der Waals surface area (Å²) in [7, 11) is 0. The van der Waals surface area contributed by atoms with Crippen molar-refractivity contribution >= 4 is 5.69 Å². The van der Waals surface area contributed by atoms with E-state index < -0.39 is 0 Å². The molecule has 0 spiro atoms. The highest BCUT2D eigenvalue weighted by atomic mass is 16.3. The highest BCUT2D eigenvalue weighted by Gasteiger charge is 2.16. The molecule has 2 aliphatic rings. The van der Waals surface area contributed by atoms with Gasteiger partial charge in [0.25, 0.3) is 0 Å². The molecule has 1 aromatic rings. The Morgan fingerprint density at radius 2 is 1.36 bits per heavy atom. The number of nitrogen functional groups attached to an aromatic ring is 1. The lowest BCUT2D eigenvalue weighted by Crippen LogP contribution is -2.43. The average molecular weight is 305 g/mol. The Morgan fingerprint density at radius 1 is 0.864 bits per heavy atom. The molecule has 2 heterocycles. The maximum Gasteiger partial charge on any atom is 0.122 e. The van der Waals surface area contributed by atoms with Crippen LogP contribution in [-0.4, -0.2) is 67.3 Å². The van der Waals surface area contributed by atoms with E-state index in [1.54, 1.807) is 6.07 Å². The number of anilines is 1. The second-order valence-corrected chi connectivity index (χ2v) is 6.23. The number of phenolic OH excluding ortho intramolecular Hbond substituents is 1. The van der Waals surface area contributed by atoms with Crippen molar-refractivity contribution in [1.82, 2.24) is 20.4 Å². The number of hydrogen-bond donors (Lipinski definition) is 4. The Labute approximate surface area is 132 Å². The van der Waals surface area contributed by atoms with Crippen molar-refractivity contribution in [1.29, 1.82) is 0 Å². The van der Waals surface area contributed by atoms with Crippen molar-refractivity contribution in [2.75, 3.05) is 58.1 Å². The van der Waals surface area contributed by atoms with Crippen molar-refractivity contribution in [3.8, 4) is 5.75 Å². The summed E-state index contributed by atoms with van der Waals surface area (Å²) in [4.78, 5) is 4.78. The Kier molecular flexibility index (Phi) is 5.15. The molecule has 0 bridgehead atoms. The molecule has 0 amide bonds. The molecule has 122 valence electrons. The largest absolute Gasteiger partial charge is 0.508 e. The van der Waals surface area contributed by atoms with Gasteiger partial charge in [-0.25, -0.2) is 0 Å². The molecule has 22 heavy (non-hydrogen) atoms. The van der Waals surface area contributed by atoms with Gasteiger partial charge < -0.3 is 21.5 Å². The van der Waals surface area contributed by atoms with Gasteiger partial charge in [0.05, 0.1) is 0 Å². The Hall–Kier alpha value is -1.34. The molecule has 6 heteroatoms. The third-order valence-electron chi connectivity index (χ3n) is 4.55. The van der Waals surface area contributed by atoms with Crippen LogP contribution in [0.2, 0.25) is 0 Å². The van der Waals surface area contributed by atoms with Crippen LogP contribution in [0.25, 0.3) is 0 Å². The van der Waals surface area contributed by atoms with Crippen LogP contribution in [0.4, 0.5) is 5.69 Å². The molecular weight excluding hydrogens is 278 g/mol. The molecule has 2 saturated heterocycles. The van der Waals surface area contributed by atoms with Gasteiger partial charge in [0, 0.05) is 82.8 Å². The number of nitrogens with one attached hydrogen (secondary N) is 2. The quantitative estimate of drug-likeness (QED) is 0.577. The minimum Gasteiger partial charge on any atom is -0.508 e. The first-order valence-electron chi connectivity index (χ1n) is 8.19. The minimum absolute atomic E-state index is 0.320. The van der Waals surface area contributed by atoms with Crippen molar-refractivity contribution in [2.45, 2.75) is 13.1 Å². The van der Waals surface area contributed by atoms with Gasteiger partial charge in [-0.1, -0.05) is 0 Å². The van der Waals surface area contributed by atoms with Crippen molar-refractivity contribution in [3.63, 3.8) is 0 Å². The van der Waals surface area contributed by atoms with Crippen LogP contribution < -0.4 is 16.4 Å². The van der Waals surface area contributed by atoms with Crippen molar-refractivity contribution in [2.24, 2.45) is 0 Å². The van der Waals surface area contributed by atoms with E-state index in [1.807, 2.05) is 0 Å². The number of nitrogens with zero attached hydrogens (tertiary/aromatic N) is 2. The highest BCUT2D eigenvalue weighted by Crippen LogP contribution is 2.27. The molecule has 0 saturated carbocycles. The zero-order valence-corrected chi connectivity index (χ0v) is 13.1. The van der Waals surface area contributed by atoms with E-state index in [1.165, 1.54) is 0 Å². The lowest BCUT2D eigenvalue weighted by atomic mass is 10.1. The number of phenols is 1. The van der Waals surface area contributed by atoms with E-state index >= 15 is 0 Å². The molecule has 2 fully saturated rings. The molecule has 1 aromatic carbocycles. The fourth-order valence-corrected chi connectivity index (χ4v) is 3.18. The zero-order chi connectivity index (χ0) is 15.4. The third-order valence-corrected chi connectivity index (χ3v) is 4.55. The minimum atomic E-state index is 0.320. The lowest BCUT2D eigenvalue weighted by Gasteiger charge is -2.29.